The monoisotopic (exact) mass is 665 g/mol. The minimum Gasteiger partial charge on any atom is -0.313 e. The number of nitrogens with zero attached hydrogens (tertiary/aromatic N) is 1. The third-order valence-electron chi connectivity index (χ3n) is 13.8. The van der Waals surface area contributed by atoms with E-state index in [9.17, 15) is 5.21 Å². The van der Waals surface area contributed by atoms with Crippen LogP contribution in [0.15, 0.2) is 121 Å². The zero-order valence-corrected chi connectivity index (χ0v) is 28.8. The first kappa shape index (κ1) is 31.4. The number of hydrogen-bond donors (Lipinski definition) is 5. The van der Waals surface area contributed by atoms with Crippen LogP contribution in [0.3, 0.4) is 0 Å². The molecule has 6 heteroatoms. The molecule has 6 nitrogen and oxygen atoms in total. The largest absolute Gasteiger partial charge is 0.313 e. The van der Waals surface area contributed by atoms with E-state index in [4.69, 9.17) is 0 Å². The third-order valence-corrected chi connectivity index (χ3v) is 13.8. The predicted octanol–water partition coefficient (Wildman–Crippen LogP) is 6.28. The summed E-state index contributed by atoms with van der Waals surface area (Å²) in [5.74, 6) is 1.04. The summed E-state index contributed by atoms with van der Waals surface area (Å²) in [5.41, 5.74) is 5.58. The minimum atomic E-state index is -0.0467. The molecule has 6 fully saturated rings. The molecule has 14 atom stereocenters. The van der Waals surface area contributed by atoms with Crippen molar-refractivity contribution in [2.24, 2.45) is 0 Å². The molecule has 6 aliphatic rings. The zero-order chi connectivity index (χ0) is 33.2. The van der Waals surface area contributed by atoms with Crippen LogP contribution in [-0.2, 0) is 0 Å². The molecule has 4 aromatic carbocycles. The molecule has 10 bridgehead atoms. The summed E-state index contributed by atoms with van der Waals surface area (Å²) in [7, 11) is 0. The number of hydroxylamine groups is 2. The third kappa shape index (κ3) is 5.22. The van der Waals surface area contributed by atoms with Gasteiger partial charge in [0.25, 0.3) is 0 Å². The van der Waals surface area contributed by atoms with Crippen LogP contribution >= 0.6 is 0 Å². The normalized spacial score (nSPS) is 40.8. The highest BCUT2D eigenvalue weighted by atomic mass is 16.5. The van der Waals surface area contributed by atoms with E-state index in [0.717, 1.165) is 38.5 Å². The summed E-state index contributed by atoms with van der Waals surface area (Å²) in [6, 6.07) is 47.2. The van der Waals surface area contributed by atoms with Crippen molar-refractivity contribution in [1.29, 1.82) is 0 Å². The molecule has 6 saturated heterocycles. The molecule has 50 heavy (non-hydrogen) atoms. The summed E-state index contributed by atoms with van der Waals surface area (Å²) in [6.07, 6.45) is 6.74. The molecule has 0 saturated carbocycles. The molecule has 0 radical (unpaired) electrons. The zero-order valence-electron chi connectivity index (χ0n) is 28.8. The Balaban J connectivity index is 1.17. The Labute approximate surface area is 297 Å². The lowest BCUT2D eigenvalue weighted by Gasteiger charge is -2.49. The van der Waals surface area contributed by atoms with Crippen molar-refractivity contribution < 1.29 is 5.21 Å². The highest BCUT2D eigenvalue weighted by Crippen LogP contribution is 2.52. The van der Waals surface area contributed by atoms with Crippen molar-refractivity contribution >= 4 is 0 Å². The maximum absolute atomic E-state index is 12.7. The first-order valence-electron chi connectivity index (χ1n) is 19.4. The molecular formula is C44H51N5O. The van der Waals surface area contributed by atoms with E-state index in [1.165, 1.54) is 22.3 Å². The second kappa shape index (κ2) is 13.0. The average Bonchev–Trinajstić information content (AvgIpc) is 3.99. The average molecular weight is 666 g/mol. The van der Waals surface area contributed by atoms with Gasteiger partial charge in [-0.2, -0.15) is 5.06 Å². The Kier molecular flexibility index (Phi) is 8.16. The molecule has 258 valence electrons. The number of fused-ring (bicyclic) bond motifs is 14. The topological polar surface area (TPSA) is 71.6 Å². The van der Waals surface area contributed by atoms with Gasteiger partial charge in [0.15, 0.2) is 0 Å². The summed E-state index contributed by atoms with van der Waals surface area (Å²) >= 11 is 0. The Morgan fingerprint density at radius 1 is 0.360 bits per heavy atom. The fourth-order valence-electron chi connectivity index (χ4n) is 12.0. The molecule has 0 aliphatic carbocycles. The maximum atomic E-state index is 12.7. The van der Waals surface area contributed by atoms with Crippen molar-refractivity contribution in [1.82, 2.24) is 26.3 Å². The SMILES string of the molecule is ON1C2C3CCC(N3)C(c3ccccc3)C3CCC(N3)C(c3ccccc3)C3NC(C(c4ccccc4)C3c3ccccc3)C1C1CCC2N1. The molecule has 0 spiro atoms. The first-order chi connectivity index (χ1) is 24.7. The van der Waals surface area contributed by atoms with Crippen LogP contribution < -0.4 is 21.3 Å². The molecule has 6 heterocycles. The molecule has 14 unspecified atom stereocenters. The minimum absolute atomic E-state index is 0.0322. The second-order valence-electron chi connectivity index (χ2n) is 16.2. The van der Waals surface area contributed by atoms with Gasteiger partial charge in [-0.3, -0.25) is 0 Å². The molecule has 6 aliphatic heterocycles. The number of nitrogens with one attached hydrogen (secondary N) is 4. The summed E-state index contributed by atoms with van der Waals surface area (Å²) < 4.78 is 0. The van der Waals surface area contributed by atoms with Crippen molar-refractivity contribution in [3.05, 3.63) is 144 Å². The highest BCUT2D eigenvalue weighted by molar-refractivity contribution is 5.40. The van der Waals surface area contributed by atoms with Crippen molar-refractivity contribution in [2.45, 2.75) is 123 Å². The van der Waals surface area contributed by atoms with E-state index in [1.54, 1.807) is 0 Å². The van der Waals surface area contributed by atoms with Gasteiger partial charge in [0.2, 0.25) is 0 Å². The van der Waals surface area contributed by atoms with Crippen molar-refractivity contribution in [2.75, 3.05) is 0 Å². The van der Waals surface area contributed by atoms with Crippen LogP contribution in [0.25, 0.3) is 0 Å². The Morgan fingerprint density at radius 2 is 0.700 bits per heavy atom. The van der Waals surface area contributed by atoms with Crippen molar-refractivity contribution in [3.63, 3.8) is 0 Å². The van der Waals surface area contributed by atoms with Crippen LogP contribution in [0, 0.1) is 0 Å². The molecular weight excluding hydrogens is 615 g/mol. The van der Waals surface area contributed by atoms with Crippen LogP contribution in [-0.4, -0.2) is 70.7 Å². The Hall–Kier alpha value is -3.36. The van der Waals surface area contributed by atoms with Gasteiger partial charge in [-0.15, -0.1) is 0 Å². The molecule has 4 aromatic rings. The van der Waals surface area contributed by atoms with E-state index < -0.39 is 0 Å². The number of hydrogen-bond acceptors (Lipinski definition) is 6. The maximum Gasteiger partial charge on any atom is 0.0667 e. The molecule has 5 N–H and O–H groups in total. The van der Waals surface area contributed by atoms with E-state index in [0.29, 0.717) is 30.1 Å². The van der Waals surface area contributed by atoms with Gasteiger partial charge in [0, 0.05) is 72.0 Å². The Bertz CT molecular complexity index is 1740. The van der Waals surface area contributed by atoms with Crippen LogP contribution in [0.2, 0.25) is 0 Å². The predicted molar refractivity (Wildman–Crippen MR) is 198 cm³/mol. The van der Waals surface area contributed by atoms with Gasteiger partial charge < -0.3 is 26.5 Å². The van der Waals surface area contributed by atoms with E-state index in [1.807, 2.05) is 5.06 Å². The summed E-state index contributed by atoms with van der Waals surface area (Å²) in [5, 5.41) is 31.7. The second-order valence-corrected chi connectivity index (χ2v) is 16.2. The smallest absolute Gasteiger partial charge is 0.0667 e. The van der Waals surface area contributed by atoms with Gasteiger partial charge in [-0.05, 0) is 60.8 Å². The van der Waals surface area contributed by atoms with Gasteiger partial charge in [0.05, 0.1) is 12.1 Å². The molecule has 0 aromatic heterocycles. The number of piperazine rings is 1. The molecule has 10 rings (SSSR count). The fourth-order valence-corrected chi connectivity index (χ4v) is 12.0. The van der Waals surface area contributed by atoms with E-state index in [2.05, 4.69) is 143 Å². The van der Waals surface area contributed by atoms with Crippen LogP contribution in [0.4, 0.5) is 0 Å². The van der Waals surface area contributed by atoms with Crippen LogP contribution in [0.5, 0.6) is 0 Å². The van der Waals surface area contributed by atoms with E-state index in [-0.39, 0.29) is 54.0 Å². The highest BCUT2D eigenvalue weighted by Gasteiger charge is 2.59. The quantitative estimate of drug-likeness (QED) is 0.166. The lowest BCUT2D eigenvalue weighted by Crippen LogP contribution is -2.71. The number of rotatable bonds is 4. The lowest BCUT2D eigenvalue weighted by molar-refractivity contribution is -0.198. The first-order valence-corrected chi connectivity index (χ1v) is 19.4. The Morgan fingerprint density at radius 3 is 1.20 bits per heavy atom. The van der Waals surface area contributed by atoms with Crippen LogP contribution in [0.1, 0.15) is 84.5 Å². The summed E-state index contributed by atoms with van der Waals surface area (Å²) in [6.45, 7) is 0. The van der Waals surface area contributed by atoms with Gasteiger partial charge in [-0.25, -0.2) is 0 Å². The van der Waals surface area contributed by atoms with E-state index >= 15 is 0 Å². The van der Waals surface area contributed by atoms with Gasteiger partial charge >= 0.3 is 0 Å². The fraction of sp³-hybridized carbons (Fsp3) is 0.455. The lowest BCUT2D eigenvalue weighted by atomic mass is 9.70. The van der Waals surface area contributed by atoms with Crippen molar-refractivity contribution in [3.8, 4) is 0 Å². The van der Waals surface area contributed by atoms with Gasteiger partial charge in [-0.1, -0.05) is 121 Å². The molecule has 0 amide bonds. The summed E-state index contributed by atoms with van der Waals surface area (Å²) in [4.78, 5) is 0. The standard InChI is InChI=1S/C44H51N5O/c50-49-43-34-24-23-32(46-34)37(27-13-5-1-6-14-27)31-21-22-33(45-31)38(28-15-7-2-8-16-28)41-39(29-17-9-3-10-18-29)40(30-19-11-4-12-20-30)42(48-41)44(49)36-26-25-35(43)47-36/h1-20,31-48,50H,21-26H2. The van der Waals surface area contributed by atoms with Gasteiger partial charge in [0.1, 0.15) is 0 Å². The number of benzene rings is 4.